The van der Waals surface area contributed by atoms with Gasteiger partial charge in [0.25, 0.3) is 5.91 Å². The number of hydrogen-bond acceptors (Lipinski definition) is 2. The van der Waals surface area contributed by atoms with Gasteiger partial charge in [0.15, 0.2) is 0 Å². The molecule has 1 amide bonds. The summed E-state index contributed by atoms with van der Waals surface area (Å²) in [5.41, 5.74) is 1.52. The van der Waals surface area contributed by atoms with Gasteiger partial charge in [-0.25, -0.2) is 0 Å². The number of fused-ring (bicyclic) bond motifs is 1. The van der Waals surface area contributed by atoms with Crippen molar-refractivity contribution in [3.63, 3.8) is 0 Å². The summed E-state index contributed by atoms with van der Waals surface area (Å²) in [4.78, 5) is 14.4. The molecule has 5 heteroatoms. The van der Waals surface area contributed by atoms with E-state index in [-0.39, 0.29) is 5.91 Å². The molecule has 0 atom stereocenters. The topological polar surface area (TPSA) is 29.5 Å². The van der Waals surface area contributed by atoms with E-state index >= 15 is 0 Å². The first-order chi connectivity index (χ1) is 10.1. The lowest BCUT2D eigenvalue weighted by Crippen LogP contribution is -2.31. The highest BCUT2D eigenvalue weighted by Crippen LogP contribution is 2.26. The number of halogens is 2. The standard InChI is InChI=1S/C16H13BrClNO2/c17-12-6-5-11(14(18)9-12)10-19-7-8-21-15-4-2-1-3-13(15)16(19)20/h1-6,9H,7-8,10H2. The first kappa shape index (κ1) is 14.4. The molecule has 2 aromatic rings. The number of amides is 1. The molecule has 0 fully saturated rings. The van der Waals surface area contributed by atoms with Crippen LogP contribution in [-0.2, 0) is 6.54 Å². The number of para-hydroxylation sites is 1. The third kappa shape index (κ3) is 3.06. The zero-order valence-corrected chi connectivity index (χ0v) is 13.5. The van der Waals surface area contributed by atoms with Crippen LogP contribution in [0, 0.1) is 0 Å². The van der Waals surface area contributed by atoms with E-state index in [1.165, 1.54) is 0 Å². The van der Waals surface area contributed by atoms with Crippen molar-refractivity contribution in [3.05, 3.63) is 63.1 Å². The van der Waals surface area contributed by atoms with Gasteiger partial charge in [0.05, 0.1) is 12.1 Å². The van der Waals surface area contributed by atoms with Crippen LogP contribution in [0.15, 0.2) is 46.9 Å². The van der Waals surface area contributed by atoms with Crippen LogP contribution in [0.25, 0.3) is 0 Å². The van der Waals surface area contributed by atoms with Gasteiger partial charge in [-0.15, -0.1) is 0 Å². The van der Waals surface area contributed by atoms with Crippen molar-refractivity contribution in [2.45, 2.75) is 6.54 Å². The van der Waals surface area contributed by atoms with Crippen LogP contribution in [0.1, 0.15) is 15.9 Å². The third-order valence-electron chi connectivity index (χ3n) is 3.40. The SMILES string of the molecule is O=C1c2ccccc2OCCN1Cc1ccc(Br)cc1Cl. The van der Waals surface area contributed by atoms with Gasteiger partial charge in [0.2, 0.25) is 0 Å². The van der Waals surface area contributed by atoms with Gasteiger partial charge in [-0.1, -0.05) is 45.7 Å². The van der Waals surface area contributed by atoms with Crippen LogP contribution in [0.2, 0.25) is 5.02 Å². The number of carbonyl (C=O) groups excluding carboxylic acids is 1. The van der Waals surface area contributed by atoms with Gasteiger partial charge in [0.1, 0.15) is 12.4 Å². The van der Waals surface area contributed by atoms with Crippen molar-refractivity contribution < 1.29 is 9.53 Å². The van der Waals surface area contributed by atoms with E-state index in [1.54, 1.807) is 11.0 Å². The predicted octanol–water partition coefficient (Wildman–Crippen LogP) is 4.14. The van der Waals surface area contributed by atoms with Crippen LogP contribution >= 0.6 is 27.5 Å². The van der Waals surface area contributed by atoms with E-state index in [4.69, 9.17) is 16.3 Å². The lowest BCUT2D eigenvalue weighted by Gasteiger charge is -2.20. The molecule has 0 unspecified atom stereocenters. The maximum atomic E-state index is 12.6. The molecular formula is C16H13BrClNO2. The number of benzene rings is 2. The quantitative estimate of drug-likeness (QED) is 0.799. The Morgan fingerprint density at radius 1 is 1.24 bits per heavy atom. The Hall–Kier alpha value is -1.52. The molecule has 21 heavy (non-hydrogen) atoms. The van der Waals surface area contributed by atoms with Gasteiger partial charge in [-0.2, -0.15) is 0 Å². The van der Waals surface area contributed by atoms with Gasteiger partial charge in [0, 0.05) is 16.0 Å². The Bertz CT molecular complexity index is 690. The largest absolute Gasteiger partial charge is 0.491 e. The molecule has 0 N–H and O–H groups in total. The van der Waals surface area contributed by atoms with E-state index in [0.29, 0.717) is 36.0 Å². The van der Waals surface area contributed by atoms with Crippen LogP contribution in [0.5, 0.6) is 5.75 Å². The van der Waals surface area contributed by atoms with Crippen molar-refractivity contribution in [2.24, 2.45) is 0 Å². The van der Waals surface area contributed by atoms with Crippen LogP contribution in [0.3, 0.4) is 0 Å². The van der Waals surface area contributed by atoms with Crippen molar-refractivity contribution in [1.29, 1.82) is 0 Å². The molecule has 0 saturated heterocycles. The maximum Gasteiger partial charge on any atom is 0.258 e. The summed E-state index contributed by atoms with van der Waals surface area (Å²) in [5, 5.41) is 0.649. The molecule has 0 bridgehead atoms. The van der Waals surface area contributed by atoms with E-state index in [9.17, 15) is 4.79 Å². The molecule has 1 heterocycles. The molecule has 0 radical (unpaired) electrons. The van der Waals surface area contributed by atoms with Crippen LogP contribution in [-0.4, -0.2) is 24.0 Å². The average molecular weight is 367 g/mol. The van der Waals surface area contributed by atoms with Crippen molar-refractivity contribution in [2.75, 3.05) is 13.2 Å². The molecule has 1 aliphatic rings. The van der Waals surface area contributed by atoms with E-state index in [2.05, 4.69) is 15.9 Å². The number of hydrogen-bond donors (Lipinski definition) is 0. The zero-order chi connectivity index (χ0) is 14.8. The summed E-state index contributed by atoms with van der Waals surface area (Å²) in [6.45, 7) is 1.50. The molecule has 0 aromatic heterocycles. The lowest BCUT2D eigenvalue weighted by molar-refractivity contribution is 0.0743. The van der Waals surface area contributed by atoms with Gasteiger partial charge < -0.3 is 9.64 Å². The molecule has 3 nitrogen and oxygen atoms in total. The molecule has 0 saturated carbocycles. The van der Waals surface area contributed by atoms with Crippen molar-refractivity contribution in [3.8, 4) is 5.75 Å². The summed E-state index contributed by atoms with van der Waals surface area (Å²) in [6.07, 6.45) is 0. The van der Waals surface area contributed by atoms with Gasteiger partial charge >= 0.3 is 0 Å². The minimum absolute atomic E-state index is 0.0258. The Morgan fingerprint density at radius 3 is 2.86 bits per heavy atom. The number of rotatable bonds is 2. The normalized spacial score (nSPS) is 14.4. The molecule has 1 aliphatic heterocycles. The first-order valence-electron chi connectivity index (χ1n) is 6.60. The second-order valence-electron chi connectivity index (χ2n) is 4.81. The fourth-order valence-electron chi connectivity index (χ4n) is 2.31. The zero-order valence-electron chi connectivity index (χ0n) is 11.2. The highest BCUT2D eigenvalue weighted by Gasteiger charge is 2.23. The predicted molar refractivity (Wildman–Crippen MR) is 85.8 cm³/mol. The van der Waals surface area contributed by atoms with E-state index in [0.717, 1.165) is 10.0 Å². The Labute approximate surface area is 136 Å². The van der Waals surface area contributed by atoms with Gasteiger partial charge in [-0.3, -0.25) is 4.79 Å². The molecular weight excluding hydrogens is 354 g/mol. The van der Waals surface area contributed by atoms with E-state index in [1.807, 2.05) is 36.4 Å². The molecule has 0 aliphatic carbocycles. The van der Waals surface area contributed by atoms with Gasteiger partial charge in [-0.05, 0) is 29.8 Å². The molecule has 3 rings (SSSR count). The summed E-state index contributed by atoms with van der Waals surface area (Å²) >= 11 is 9.62. The summed E-state index contributed by atoms with van der Waals surface area (Å²) in [7, 11) is 0. The monoisotopic (exact) mass is 365 g/mol. The molecule has 2 aromatic carbocycles. The first-order valence-corrected chi connectivity index (χ1v) is 7.77. The molecule has 108 valence electrons. The summed E-state index contributed by atoms with van der Waals surface area (Å²) in [5.74, 6) is 0.619. The lowest BCUT2D eigenvalue weighted by atomic mass is 10.1. The summed E-state index contributed by atoms with van der Waals surface area (Å²) < 4.78 is 6.56. The summed E-state index contributed by atoms with van der Waals surface area (Å²) in [6, 6.07) is 13.0. The second kappa shape index (κ2) is 6.08. The Morgan fingerprint density at radius 2 is 2.05 bits per heavy atom. The Balaban J connectivity index is 1.87. The van der Waals surface area contributed by atoms with E-state index < -0.39 is 0 Å². The number of nitrogens with zero attached hydrogens (tertiary/aromatic N) is 1. The second-order valence-corrected chi connectivity index (χ2v) is 6.13. The minimum Gasteiger partial charge on any atom is -0.491 e. The molecule has 0 spiro atoms. The number of ether oxygens (including phenoxy) is 1. The van der Waals surface area contributed by atoms with Crippen LogP contribution in [0.4, 0.5) is 0 Å². The van der Waals surface area contributed by atoms with Crippen LogP contribution < -0.4 is 4.74 Å². The Kier molecular flexibility index (Phi) is 4.17. The minimum atomic E-state index is -0.0258. The van der Waals surface area contributed by atoms with Crippen molar-refractivity contribution in [1.82, 2.24) is 4.90 Å². The van der Waals surface area contributed by atoms with Crippen molar-refractivity contribution >= 4 is 33.4 Å². The third-order valence-corrected chi connectivity index (χ3v) is 4.24. The smallest absolute Gasteiger partial charge is 0.258 e. The fourth-order valence-corrected chi connectivity index (χ4v) is 3.05. The maximum absolute atomic E-state index is 12.6. The average Bonchev–Trinajstić information content (AvgIpc) is 2.63. The fraction of sp³-hybridized carbons (Fsp3) is 0.188. The number of carbonyl (C=O) groups is 1. The highest BCUT2D eigenvalue weighted by molar-refractivity contribution is 9.10. The highest BCUT2D eigenvalue weighted by atomic mass is 79.9.